The third-order valence-electron chi connectivity index (χ3n) is 2.94. The van der Waals surface area contributed by atoms with Crippen molar-refractivity contribution in [2.24, 2.45) is 0 Å². The second kappa shape index (κ2) is 4.02. The van der Waals surface area contributed by atoms with Crippen molar-refractivity contribution >= 4 is 33.2 Å². The van der Waals surface area contributed by atoms with Crippen LogP contribution in [0.25, 0.3) is 0 Å². The van der Waals surface area contributed by atoms with Gasteiger partial charge >= 0.3 is 0 Å². The minimum absolute atomic E-state index is 0.109. The molecule has 0 saturated carbocycles. The van der Waals surface area contributed by atoms with E-state index in [0.29, 0.717) is 0 Å². The number of nitrogens with zero attached hydrogens (tertiary/aromatic N) is 1. The third-order valence-corrected chi connectivity index (χ3v) is 3.43. The molecular formula is C13H17BrN2O. The predicted octanol–water partition coefficient (Wildman–Crippen LogP) is 3.39. The lowest BCUT2D eigenvalue weighted by Gasteiger charge is -2.42. The lowest BCUT2D eigenvalue weighted by molar-refractivity contribution is -0.122. The molecule has 1 aliphatic rings. The monoisotopic (exact) mass is 296 g/mol. The normalized spacial score (nSPS) is 18.0. The third kappa shape index (κ3) is 2.06. The molecule has 0 unspecified atom stereocenters. The molecule has 0 fully saturated rings. The minimum Gasteiger partial charge on any atom is -0.370 e. The Labute approximate surface area is 110 Å². The van der Waals surface area contributed by atoms with Crippen LogP contribution in [0.15, 0.2) is 22.7 Å². The van der Waals surface area contributed by atoms with E-state index in [2.05, 4.69) is 21.2 Å². The van der Waals surface area contributed by atoms with Crippen LogP contribution in [0, 0.1) is 0 Å². The van der Waals surface area contributed by atoms with E-state index in [-0.39, 0.29) is 11.9 Å². The van der Waals surface area contributed by atoms with Crippen molar-refractivity contribution in [3.8, 4) is 0 Å². The molecule has 2 rings (SSSR count). The maximum Gasteiger partial charge on any atom is 0.252 e. The highest BCUT2D eigenvalue weighted by Crippen LogP contribution is 2.38. The van der Waals surface area contributed by atoms with E-state index in [0.717, 1.165) is 15.8 Å². The van der Waals surface area contributed by atoms with Gasteiger partial charge in [-0.2, -0.15) is 0 Å². The van der Waals surface area contributed by atoms with E-state index in [4.69, 9.17) is 0 Å². The summed E-state index contributed by atoms with van der Waals surface area (Å²) in [6.45, 7) is 7.89. The fourth-order valence-electron chi connectivity index (χ4n) is 2.12. The maximum absolute atomic E-state index is 12.4. The van der Waals surface area contributed by atoms with Gasteiger partial charge in [-0.1, -0.05) is 15.9 Å². The number of carbonyl (C=O) groups is 1. The van der Waals surface area contributed by atoms with Gasteiger partial charge in [-0.3, -0.25) is 4.79 Å². The van der Waals surface area contributed by atoms with Crippen LogP contribution >= 0.6 is 15.9 Å². The standard InChI is InChI=1S/C13H17BrN2O/c1-8(2)16-11-7-9(14)5-6-10(11)15-13(3,4)12(16)17/h5-8,15H,1-4H3. The molecule has 0 aromatic heterocycles. The molecule has 0 atom stereocenters. The number of halogens is 1. The van der Waals surface area contributed by atoms with E-state index in [9.17, 15) is 4.79 Å². The molecule has 4 heteroatoms. The summed E-state index contributed by atoms with van der Waals surface area (Å²) in [7, 11) is 0. The Morgan fingerprint density at radius 2 is 2.00 bits per heavy atom. The maximum atomic E-state index is 12.4. The van der Waals surface area contributed by atoms with Gasteiger partial charge in [-0.25, -0.2) is 0 Å². The summed E-state index contributed by atoms with van der Waals surface area (Å²) in [5, 5.41) is 3.29. The van der Waals surface area contributed by atoms with Gasteiger partial charge in [0.15, 0.2) is 0 Å². The first-order valence-electron chi connectivity index (χ1n) is 5.74. The first-order valence-corrected chi connectivity index (χ1v) is 6.53. The average Bonchev–Trinajstić information content (AvgIpc) is 2.20. The molecule has 1 amide bonds. The second-order valence-electron chi connectivity index (χ2n) is 5.18. The molecular weight excluding hydrogens is 280 g/mol. The molecule has 0 spiro atoms. The molecule has 3 nitrogen and oxygen atoms in total. The number of amides is 1. The Hall–Kier alpha value is -1.03. The molecule has 1 N–H and O–H groups in total. The number of fused-ring (bicyclic) bond motifs is 1. The number of nitrogens with one attached hydrogen (secondary N) is 1. The molecule has 17 heavy (non-hydrogen) atoms. The number of rotatable bonds is 1. The zero-order chi connectivity index (χ0) is 12.8. The molecule has 0 bridgehead atoms. The Morgan fingerprint density at radius 1 is 1.35 bits per heavy atom. The average molecular weight is 297 g/mol. The van der Waals surface area contributed by atoms with Crippen LogP contribution < -0.4 is 10.2 Å². The van der Waals surface area contributed by atoms with Crippen molar-refractivity contribution in [3.05, 3.63) is 22.7 Å². The van der Waals surface area contributed by atoms with Crippen LogP contribution in [0.3, 0.4) is 0 Å². The van der Waals surface area contributed by atoms with Crippen molar-refractivity contribution in [2.75, 3.05) is 10.2 Å². The Balaban J connectivity index is 2.59. The highest BCUT2D eigenvalue weighted by atomic mass is 79.9. The fraction of sp³-hybridized carbons (Fsp3) is 0.462. The summed E-state index contributed by atoms with van der Waals surface area (Å²) in [5.41, 5.74) is 1.40. The molecule has 92 valence electrons. The largest absolute Gasteiger partial charge is 0.370 e. The molecule has 0 saturated heterocycles. The summed E-state index contributed by atoms with van der Waals surface area (Å²) in [6, 6.07) is 6.12. The molecule has 0 radical (unpaired) electrons. The van der Waals surface area contributed by atoms with E-state index < -0.39 is 5.54 Å². The Kier molecular flexibility index (Phi) is 2.94. The fourth-order valence-corrected chi connectivity index (χ4v) is 2.47. The van der Waals surface area contributed by atoms with Gasteiger partial charge in [0.05, 0.1) is 11.4 Å². The van der Waals surface area contributed by atoms with Gasteiger partial charge in [0.1, 0.15) is 5.54 Å². The van der Waals surface area contributed by atoms with E-state index in [1.165, 1.54) is 0 Å². The second-order valence-corrected chi connectivity index (χ2v) is 6.10. The summed E-state index contributed by atoms with van der Waals surface area (Å²) in [5.74, 6) is 0.109. The lowest BCUT2D eigenvalue weighted by atomic mass is 9.97. The van der Waals surface area contributed by atoms with Crippen molar-refractivity contribution in [1.82, 2.24) is 0 Å². The molecule has 0 aliphatic carbocycles. The zero-order valence-corrected chi connectivity index (χ0v) is 12.1. The van der Waals surface area contributed by atoms with Gasteiger partial charge in [0, 0.05) is 10.5 Å². The van der Waals surface area contributed by atoms with E-state index in [1.54, 1.807) is 0 Å². The predicted molar refractivity (Wildman–Crippen MR) is 74.5 cm³/mol. The zero-order valence-electron chi connectivity index (χ0n) is 10.5. The summed E-state index contributed by atoms with van der Waals surface area (Å²) in [4.78, 5) is 14.3. The minimum atomic E-state index is -0.550. The lowest BCUT2D eigenvalue weighted by Crippen LogP contribution is -2.56. The van der Waals surface area contributed by atoms with Gasteiger partial charge in [0.25, 0.3) is 5.91 Å². The van der Waals surface area contributed by atoms with Crippen molar-refractivity contribution in [3.63, 3.8) is 0 Å². The van der Waals surface area contributed by atoms with Crippen LogP contribution in [0.2, 0.25) is 0 Å². The van der Waals surface area contributed by atoms with E-state index >= 15 is 0 Å². The first kappa shape index (κ1) is 12.4. The summed E-state index contributed by atoms with van der Waals surface area (Å²) in [6.07, 6.45) is 0. The topological polar surface area (TPSA) is 32.3 Å². The van der Waals surface area contributed by atoms with Crippen molar-refractivity contribution < 1.29 is 4.79 Å². The first-order chi connectivity index (χ1) is 7.83. The molecule has 1 aliphatic heterocycles. The van der Waals surface area contributed by atoms with Crippen LogP contribution in [0.5, 0.6) is 0 Å². The van der Waals surface area contributed by atoms with Gasteiger partial charge < -0.3 is 10.2 Å². The number of hydrogen-bond donors (Lipinski definition) is 1. The number of anilines is 2. The quantitative estimate of drug-likeness (QED) is 0.861. The molecule has 1 heterocycles. The van der Waals surface area contributed by atoms with Crippen molar-refractivity contribution in [1.29, 1.82) is 0 Å². The van der Waals surface area contributed by atoms with Gasteiger partial charge in [-0.15, -0.1) is 0 Å². The summed E-state index contributed by atoms with van der Waals surface area (Å²) < 4.78 is 0.983. The van der Waals surface area contributed by atoms with Crippen molar-refractivity contribution in [2.45, 2.75) is 39.3 Å². The van der Waals surface area contributed by atoms with Gasteiger partial charge in [-0.05, 0) is 45.9 Å². The molecule has 1 aromatic carbocycles. The summed E-state index contributed by atoms with van der Waals surface area (Å²) >= 11 is 3.45. The highest BCUT2D eigenvalue weighted by molar-refractivity contribution is 9.10. The number of carbonyl (C=O) groups excluding carboxylic acids is 1. The molecule has 1 aromatic rings. The Morgan fingerprint density at radius 3 is 2.59 bits per heavy atom. The smallest absolute Gasteiger partial charge is 0.252 e. The number of hydrogen-bond acceptors (Lipinski definition) is 2. The SMILES string of the molecule is CC(C)N1C(=O)C(C)(C)Nc2ccc(Br)cc21. The Bertz CT molecular complexity index is 468. The van der Waals surface area contributed by atoms with Crippen LogP contribution in [-0.4, -0.2) is 17.5 Å². The number of benzene rings is 1. The van der Waals surface area contributed by atoms with Crippen LogP contribution in [0.1, 0.15) is 27.7 Å². The van der Waals surface area contributed by atoms with Gasteiger partial charge in [0.2, 0.25) is 0 Å². The van der Waals surface area contributed by atoms with Crippen LogP contribution in [0.4, 0.5) is 11.4 Å². The highest BCUT2D eigenvalue weighted by Gasteiger charge is 2.39. The van der Waals surface area contributed by atoms with Crippen LogP contribution in [-0.2, 0) is 4.79 Å². The van der Waals surface area contributed by atoms with E-state index in [1.807, 2.05) is 50.8 Å².